The Balaban J connectivity index is 1.70. The lowest BCUT2D eigenvalue weighted by Crippen LogP contribution is -1.97. The highest BCUT2D eigenvalue weighted by molar-refractivity contribution is 7.80. The van der Waals surface area contributed by atoms with Gasteiger partial charge in [0.15, 0.2) is 0 Å². The van der Waals surface area contributed by atoms with Crippen LogP contribution in [0.15, 0.2) is 53.1 Å². The first-order valence-electron chi connectivity index (χ1n) is 5.79. The van der Waals surface area contributed by atoms with Crippen molar-refractivity contribution in [1.29, 1.82) is 0 Å². The summed E-state index contributed by atoms with van der Waals surface area (Å²) >= 11 is 5.30. The van der Waals surface area contributed by atoms with Crippen molar-refractivity contribution in [2.24, 2.45) is 0 Å². The molecule has 2 rings (SSSR count). The number of hydrogen-bond acceptors (Lipinski definition) is 2. The van der Waals surface area contributed by atoms with Crippen LogP contribution in [0.1, 0.15) is 24.2 Å². The van der Waals surface area contributed by atoms with Gasteiger partial charge in [0.1, 0.15) is 5.76 Å². The molecule has 0 amide bonds. The first-order valence-corrected chi connectivity index (χ1v) is 6.20. The van der Waals surface area contributed by atoms with Gasteiger partial charge in [-0.25, -0.2) is 0 Å². The number of furan rings is 1. The highest BCUT2D eigenvalue weighted by Gasteiger charge is 2.02. The molecule has 0 saturated carbocycles. The van der Waals surface area contributed by atoms with Crippen molar-refractivity contribution in [3.63, 3.8) is 0 Å². The standard InChI is InChI=1S/C15H15OS/c17-15(12-14-9-5-11-16-14)10-4-8-13-6-2-1-3-7-13/h1-3,5-7,9,11-12H,4,8,10H2. The van der Waals surface area contributed by atoms with Crippen LogP contribution in [-0.4, -0.2) is 4.86 Å². The lowest BCUT2D eigenvalue weighted by atomic mass is 10.1. The van der Waals surface area contributed by atoms with E-state index in [1.165, 1.54) is 5.56 Å². The summed E-state index contributed by atoms with van der Waals surface area (Å²) in [5, 5.41) is 0. The molecule has 2 heteroatoms. The predicted molar refractivity (Wildman–Crippen MR) is 74.1 cm³/mol. The van der Waals surface area contributed by atoms with Crippen LogP contribution in [-0.2, 0) is 6.42 Å². The van der Waals surface area contributed by atoms with Crippen molar-refractivity contribution >= 4 is 17.1 Å². The van der Waals surface area contributed by atoms with Gasteiger partial charge in [-0.15, -0.1) is 0 Å². The van der Waals surface area contributed by atoms with E-state index in [0.717, 1.165) is 29.9 Å². The second kappa shape index (κ2) is 6.36. The molecule has 0 aliphatic rings. The van der Waals surface area contributed by atoms with E-state index in [9.17, 15) is 0 Å². The number of benzene rings is 1. The van der Waals surface area contributed by atoms with Crippen LogP contribution in [0.2, 0.25) is 0 Å². The molecule has 2 aromatic rings. The van der Waals surface area contributed by atoms with Crippen LogP contribution in [0, 0.1) is 6.42 Å². The SMILES string of the molecule is S=C([CH]c1ccco1)CCCc1ccccc1. The maximum absolute atomic E-state index is 5.30. The number of thiocarbonyl (C=S) groups is 1. The van der Waals surface area contributed by atoms with Gasteiger partial charge in [-0.3, -0.25) is 0 Å². The summed E-state index contributed by atoms with van der Waals surface area (Å²) in [6.07, 6.45) is 6.69. The predicted octanol–water partition coefficient (Wildman–Crippen LogP) is 4.22. The van der Waals surface area contributed by atoms with Crippen LogP contribution >= 0.6 is 12.2 Å². The molecule has 0 aliphatic carbocycles. The minimum absolute atomic E-state index is 0.842. The Hall–Kier alpha value is -1.41. The van der Waals surface area contributed by atoms with Crippen molar-refractivity contribution < 1.29 is 4.42 Å². The fraction of sp³-hybridized carbons (Fsp3) is 0.200. The summed E-state index contributed by atoms with van der Waals surface area (Å²) in [5.41, 5.74) is 1.37. The fourth-order valence-electron chi connectivity index (χ4n) is 1.72. The molecule has 0 aliphatic heterocycles. The Morgan fingerprint density at radius 2 is 1.94 bits per heavy atom. The van der Waals surface area contributed by atoms with Crippen molar-refractivity contribution in [2.75, 3.05) is 0 Å². The van der Waals surface area contributed by atoms with Gasteiger partial charge in [-0.1, -0.05) is 42.5 Å². The van der Waals surface area contributed by atoms with E-state index < -0.39 is 0 Å². The highest BCUT2D eigenvalue weighted by atomic mass is 32.1. The zero-order valence-electron chi connectivity index (χ0n) is 9.63. The third-order valence-electron chi connectivity index (χ3n) is 2.58. The molecule has 1 radical (unpaired) electrons. The van der Waals surface area contributed by atoms with Crippen LogP contribution < -0.4 is 0 Å². The Morgan fingerprint density at radius 1 is 1.12 bits per heavy atom. The van der Waals surface area contributed by atoms with Crippen LogP contribution in [0.3, 0.4) is 0 Å². The van der Waals surface area contributed by atoms with Crippen LogP contribution in [0.4, 0.5) is 0 Å². The minimum Gasteiger partial charge on any atom is -0.469 e. The molecule has 0 spiro atoms. The molecule has 1 nitrogen and oxygen atoms in total. The van der Waals surface area contributed by atoms with Crippen molar-refractivity contribution in [3.8, 4) is 0 Å². The van der Waals surface area contributed by atoms with Crippen molar-refractivity contribution in [3.05, 3.63) is 66.5 Å². The molecule has 0 saturated heterocycles. The second-order valence-electron chi connectivity index (χ2n) is 3.97. The first kappa shape index (κ1) is 12.1. The van der Waals surface area contributed by atoms with Crippen molar-refractivity contribution in [2.45, 2.75) is 19.3 Å². The molecule has 0 unspecified atom stereocenters. The zero-order chi connectivity index (χ0) is 11.9. The number of rotatable bonds is 6. The van der Waals surface area contributed by atoms with E-state index in [-0.39, 0.29) is 0 Å². The van der Waals surface area contributed by atoms with E-state index in [4.69, 9.17) is 16.6 Å². The average molecular weight is 243 g/mol. The Labute approximate surface area is 107 Å². The first-order chi connectivity index (χ1) is 8.34. The Morgan fingerprint density at radius 3 is 2.65 bits per heavy atom. The highest BCUT2D eigenvalue weighted by Crippen LogP contribution is 2.10. The molecule has 0 N–H and O–H groups in total. The minimum atomic E-state index is 0.842. The maximum Gasteiger partial charge on any atom is 0.112 e. The molecule has 0 fully saturated rings. The summed E-state index contributed by atoms with van der Waals surface area (Å²) in [4.78, 5) is 0.955. The largest absolute Gasteiger partial charge is 0.469 e. The molecule has 17 heavy (non-hydrogen) atoms. The number of hydrogen-bond donors (Lipinski definition) is 0. The molecule has 0 bridgehead atoms. The zero-order valence-corrected chi connectivity index (χ0v) is 10.5. The molecule has 0 atom stereocenters. The van der Waals surface area contributed by atoms with Crippen molar-refractivity contribution in [1.82, 2.24) is 0 Å². The lowest BCUT2D eigenvalue weighted by Gasteiger charge is -2.02. The van der Waals surface area contributed by atoms with Gasteiger partial charge in [0.05, 0.1) is 12.7 Å². The third kappa shape index (κ3) is 4.16. The summed E-state index contributed by atoms with van der Waals surface area (Å²) in [6, 6.07) is 14.3. The van der Waals surface area contributed by atoms with E-state index in [0.29, 0.717) is 0 Å². The van der Waals surface area contributed by atoms with E-state index >= 15 is 0 Å². The summed E-state index contributed by atoms with van der Waals surface area (Å²) < 4.78 is 5.23. The molecule has 1 aromatic carbocycles. The molecule has 1 heterocycles. The molecule has 1 aromatic heterocycles. The van der Waals surface area contributed by atoms with Gasteiger partial charge in [0, 0.05) is 4.86 Å². The number of aryl methyl sites for hydroxylation is 1. The average Bonchev–Trinajstić information content (AvgIpc) is 2.83. The second-order valence-corrected chi connectivity index (χ2v) is 4.49. The quantitative estimate of drug-likeness (QED) is 0.704. The monoisotopic (exact) mass is 243 g/mol. The summed E-state index contributed by atoms with van der Waals surface area (Å²) in [5.74, 6) is 0.842. The molecular formula is C15H15OS. The third-order valence-corrected chi connectivity index (χ3v) is 2.90. The van der Waals surface area contributed by atoms with Crippen LogP contribution in [0.25, 0.3) is 0 Å². The van der Waals surface area contributed by atoms with Crippen LogP contribution in [0.5, 0.6) is 0 Å². The van der Waals surface area contributed by atoms with Gasteiger partial charge in [-0.2, -0.15) is 0 Å². The normalized spacial score (nSPS) is 10.4. The van der Waals surface area contributed by atoms with Gasteiger partial charge < -0.3 is 4.42 Å². The van der Waals surface area contributed by atoms with E-state index in [1.807, 2.05) is 24.6 Å². The van der Waals surface area contributed by atoms with Gasteiger partial charge in [0.2, 0.25) is 0 Å². The fourth-order valence-corrected chi connectivity index (χ4v) is 1.98. The van der Waals surface area contributed by atoms with Gasteiger partial charge in [0.25, 0.3) is 0 Å². The maximum atomic E-state index is 5.30. The Bertz CT molecular complexity index is 445. The summed E-state index contributed by atoms with van der Waals surface area (Å²) in [7, 11) is 0. The summed E-state index contributed by atoms with van der Waals surface area (Å²) in [6.45, 7) is 0. The molecular weight excluding hydrogens is 228 g/mol. The topological polar surface area (TPSA) is 13.1 Å². The Kier molecular flexibility index (Phi) is 4.51. The van der Waals surface area contributed by atoms with Gasteiger partial charge >= 0.3 is 0 Å². The van der Waals surface area contributed by atoms with Gasteiger partial charge in [-0.05, 0) is 37.0 Å². The van der Waals surface area contributed by atoms with E-state index in [2.05, 4.69) is 24.3 Å². The lowest BCUT2D eigenvalue weighted by molar-refractivity contribution is 0.545. The molecule has 87 valence electrons. The van der Waals surface area contributed by atoms with E-state index in [1.54, 1.807) is 6.26 Å². The smallest absolute Gasteiger partial charge is 0.112 e.